The van der Waals surface area contributed by atoms with E-state index in [1.54, 1.807) is 6.33 Å². The summed E-state index contributed by atoms with van der Waals surface area (Å²) < 4.78 is 0. The van der Waals surface area contributed by atoms with E-state index in [2.05, 4.69) is 89.9 Å². The summed E-state index contributed by atoms with van der Waals surface area (Å²) in [7, 11) is 0. The van der Waals surface area contributed by atoms with Crippen LogP contribution >= 0.6 is 0 Å². The maximum atomic E-state index is 4.77. The van der Waals surface area contributed by atoms with Gasteiger partial charge in [-0.15, -0.1) is 0 Å². The molecule has 2 nitrogen and oxygen atoms in total. The molecule has 0 unspecified atom stereocenters. The molecule has 1 aliphatic carbocycles. The average Bonchev–Trinajstić information content (AvgIpc) is 3.01. The summed E-state index contributed by atoms with van der Waals surface area (Å²) in [6, 6.07) is 29.9. The van der Waals surface area contributed by atoms with Crippen molar-refractivity contribution in [2.45, 2.75) is 5.41 Å². The van der Waals surface area contributed by atoms with Crippen molar-refractivity contribution in [2.75, 3.05) is 0 Å². The smallest absolute Gasteiger partial charge is 0.115 e. The molecular weight excluding hydrogens is 304 g/mol. The second-order valence-electron chi connectivity index (χ2n) is 6.31. The molecular formula is C23H16N2. The first-order chi connectivity index (χ1) is 12.4. The molecule has 0 amide bonds. The summed E-state index contributed by atoms with van der Waals surface area (Å²) >= 11 is 0. The molecule has 0 bridgehead atoms. The van der Waals surface area contributed by atoms with Crippen molar-refractivity contribution in [2.24, 2.45) is 0 Å². The highest BCUT2D eigenvalue weighted by Crippen LogP contribution is 2.54. The second-order valence-corrected chi connectivity index (χ2v) is 6.31. The van der Waals surface area contributed by atoms with E-state index in [0.717, 1.165) is 11.3 Å². The van der Waals surface area contributed by atoms with Gasteiger partial charge < -0.3 is 0 Å². The van der Waals surface area contributed by atoms with Gasteiger partial charge >= 0.3 is 0 Å². The van der Waals surface area contributed by atoms with E-state index < -0.39 is 5.41 Å². The highest BCUT2D eigenvalue weighted by molar-refractivity contribution is 5.84. The van der Waals surface area contributed by atoms with Crippen LogP contribution in [0.1, 0.15) is 22.4 Å². The van der Waals surface area contributed by atoms with Crippen LogP contribution < -0.4 is 0 Å². The monoisotopic (exact) mass is 320 g/mol. The maximum absolute atomic E-state index is 4.77. The van der Waals surface area contributed by atoms with Gasteiger partial charge in [-0.25, -0.2) is 9.97 Å². The number of nitrogens with zero attached hydrogens (tertiary/aromatic N) is 2. The first kappa shape index (κ1) is 14.1. The normalized spacial score (nSPS) is 13.9. The molecule has 0 fully saturated rings. The van der Waals surface area contributed by atoms with Crippen molar-refractivity contribution in [1.29, 1.82) is 0 Å². The summed E-state index contributed by atoms with van der Waals surface area (Å²) in [5.41, 5.74) is 6.70. The Morgan fingerprint density at radius 3 is 1.88 bits per heavy atom. The minimum Gasteiger partial charge on any atom is -0.244 e. The highest BCUT2D eigenvalue weighted by Gasteiger charge is 2.47. The average molecular weight is 320 g/mol. The highest BCUT2D eigenvalue weighted by atomic mass is 14.9. The third-order valence-electron chi connectivity index (χ3n) is 5.10. The van der Waals surface area contributed by atoms with Gasteiger partial charge in [-0.3, -0.25) is 0 Å². The molecule has 3 aromatic carbocycles. The molecule has 0 atom stereocenters. The van der Waals surface area contributed by atoms with E-state index in [0.29, 0.717) is 0 Å². The molecule has 5 rings (SSSR count). The molecule has 2 heteroatoms. The Labute approximate surface area is 146 Å². The van der Waals surface area contributed by atoms with Gasteiger partial charge in [0.05, 0.1) is 11.1 Å². The Bertz CT molecular complexity index is 953. The van der Waals surface area contributed by atoms with Crippen LogP contribution in [-0.2, 0) is 5.41 Å². The number of hydrogen-bond donors (Lipinski definition) is 0. The Morgan fingerprint density at radius 2 is 1.20 bits per heavy atom. The summed E-state index contributed by atoms with van der Waals surface area (Å²) in [5.74, 6) is 0. The first-order valence-electron chi connectivity index (χ1n) is 8.44. The van der Waals surface area contributed by atoms with E-state index in [1.165, 1.54) is 22.3 Å². The summed E-state index contributed by atoms with van der Waals surface area (Å²) in [5, 5.41) is 0. The van der Waals surface area contributed by atoms with Crippen LogP contribution in [0.4, 0.5) is 0 Å². The Kier molecular flexibility index (Phi) is 3.04. The van der Waals surface area contributed by atoms with Crippen LogP contribution in [0.25, 0.3) is 11.1 Å². The molecule has 25 heavy (non-hydrogen) atoms. The summed E-state index contributed by atoms with van der Waals surface area (Å²) in [4.78, 5) is 9.07. The maximum Gasteiger partial charge on any atom is 0.115 e. The molecule has 0 spiro atoms. The molecule has 0 saturated heterocycles. The molecule has 0 N–H and O–H groups in total. The molecule has 0 radical (unpaired) electrons. The van der Waals surface area contributed by atoms with E-state index in [1.807, 2.05) is 6.20 Å². The molecule has 1 aromatic heterocycles. The van der Waals surface area contributed by atoms with Gasteiger partial charge in [0.15, 0.2) is 0 Å². The lowest BCUT2D eigenvalue weighted by molar-refractivity contribution is 0.734. The standard InChI is InChI=1S/C23H16N2/c1-3-9-17(10-4-1)23(18-11-5-2-6-12-18)21-14-8-7-13-19(21)20-15-24-16-25-22(20)23/h1-16H. The third kappa shape index (κ3) is 1.85. The van der Waals surface area contributed by atoms with Crippen molar-refractivity contribution >= 4 is 0 Å². The first-order valence-corrected chi connectivity index (χ1v) is 8.44. The predicted molar refractivity (Wildman–Crippen MR) is 99.3 cm³/mol. The lowest BCUT2D eigenvalue weighted by atomic mass is 9.69. The predicted octanol–water partition coefficient (Wildman–Crippen LogP) is 4.84. The van der Waals surface area contributed by atoms with Crippen molar-refractivity contribution < 1.29 is 0 Å². The van der Waals surface area contributed by atoms with E-state index in [-0.39, 0.29) is 0 Å². The number of fused-ring (bicyclic) bond motifs is 3. The van der Waals surface area contributed by atoms with Gasteiger partial charge in [-0.1, -0.05) is 84.9 Å². The van der Waals surface area contributed by atoms with Gasteiger partial charge in [0.25, 0.3) is 0 Å². The molecule has 0 aliphatic heterocycles. The quantitative estimate of drug-likeness (QED) is 0.465. The van der Waals surface area contributed by atoms with Crippen LogP contribution in [0, 0.1) is 0 Å². The van der Waals surface area contributed by atoms with Gasteiger partial charge in [0, 0.05) is 11.8 Å². The Morgan fingerprint density at radius 1 is 0.600 bits per heavy atom. The van der Waals surface area contributed by atoms with E-state index in [9.17, 15) is 0 Å². The number of hydrogen-bond acceptors (Lipinski definition) is 2. The van der Waals surface area contributed by atoms with Crippen molar-refractivity contribution in [1.82, 2.24) is 9.97 Å². The van der Waals surface area contributed by atoms with Crippen molar-refractivity contribution in [3.05, 3.63) is 120 Å². The van der Waals surface area contributed by atoms with E-state index >= 15 is 0 Å². The van der Waals surface area contributed by atoms with Crippen LogP contribution in [0.3, 0.4) is 0 Å². The molecule has 118 valence electrons. The number of benzene rings is 3. The van der Waals surface area contributed by atoms with Crippen molar-refractivity contribution in [3.63, 3.8) is 0 Å². The van der Waals surface area contributed by atoms with Crippen LogP contribution in [-0.4, -0.2) is 9.97 Å². The van der Waals surface area contributed by atoms with Gasteiger partial charge in [0.1, 0.15) is 6.33 Å². The minimum atomic E-state index is -0.405. The van der Waals surface area contributed by atoms with Crippen molar-refractivity contribution in [3.8, 4) is 11.1 Å². The van der Waals surface area contributed by atoms with Gasteiger partial charge in [-0.05, 0) is 22.3 Å². The second kappa shape index (κ2) is 5.38. The SMILES string of the molecule is c1ccc(C2(c3ccccc3)c3ccccc3-c3cncnc32)cc1. The molecule has 0 saturated carbocycles. The third-order valence-corrected chi connectivity index (χ3v) is 5.10. The van der Waals surface area contributed by atoms with Gasteiger partial charge in [0.2, 0.25) is 0 Å². The Hall–Kier alpha value is -3.26. The zero-order chi connectivity index (χ0) is 16.7. The summed E-state index contributed by atoms with van der Waals surface area (Å²) in [6.45, 7) is 0. The van der Waals surface area contributed by atoms with Crippen LogP contribution in [0.5, 0.6) is 0 Å². The molecule has 1 heterocycles. The number of aromatic nitrogens is 2. The molecule has 4 aromatic rings. The van der Waals surface area contributed by atoms with Gasteiger partial charge in [-0.2, -0.15) is 0 Å². The summed E-state index contributed by atoms with van der Waals surface area (Å²) in [6.07, 6.45) is 3.60. The lowest BCUT2D eigenvalue weighted by Crippen LogP contribution is -2.29. The van der Waals surface area contributed by atoms with Crippen LogP contribution in [0.2, 0.25) is 0 Å². The fraction of sp³-hybridized carbons (Fsp3) is 0.0435. The molecule has 1 aliphatic rings. The zero-order valence-electron chi connectivity index (χ0n) is 13.6. The zero-order valence-corrected chi connectivity index (χ0v) is 13.6. The minimum absolute atomic E-state index is 0.405. The Balaban J connectivity index is 1.98. The topological polar surface area (TPSA) is 25.8 Å². The number of rotatable bonds is 2. The fourth-order valence-corrected chi connectivity index (χ4v) is 4.13. The van der Waals surface area contributed by atoms with Crippen LogP contribution in [0.15, 0.2) is 97.5 Å². The fourth-order valence-electron chi connectivity index (χ4n) is 4.13. The largest absolute Gasteiger partial charge is 0.244 e. The lowest BCUT2D eigenvalue weighted by Gasteiger charge is -2.32. The van der Waals surface area contributed by atoms with E-state index in [4.69, 9.17) is 4.98 Å².